The van der Waals surface area contributed by atoms with Gasteiger partial charge in [-0.3, -0.25) is 0 Å². The van der Waals surface area contributed by atoms with Crippen LogP contribution >= 0.6 is 27.3 Å². The Morgan fingerprint density at radius 1 is 1.42 bits per heavy atom. The number of benzene rings is 1. The van der Waals surface area contributed by atoms with Crippen LogP contribution in [0.5, 0.6) is 0 Å². The van der Waals surface area contributed by atoms with E-state index in [4.69, 9.17) is 5.26 Å². The Morgan fingerprint density at radius 3 is 2.89 bits per heavy atom. The minimum atomic E-state index is -0.423. The van der Waals surface area contributed by atoms with Gasteiger partial charge in [0, 0.05) is 11.4 Å². The van der Waals surface area contributed by atoms with Crippen molar-refractivity contribution in [2.75, 3.05) is 5.32 Å². The standard InChI is InChI=1S/C14H12BrFN2S/c1-2-9-5-6-19-12(9)8-18-11-4-3-10(7-17)13(15)14(11)16/h3-6,18H,2,8H2,1H3. The number of nitriles is 1. The van der Waals surface area contributed by atoms with Crippen molar-refractivity contribution in [1.82, 2.24) is 0 Å². The highest BCUT2D eigenvalue weighted by Crippen LogP contribution is 2.27. The lowest BCUT2D eigenvalue weighted by Crippen LogP contribution is -2.02. The first-order chi connectivity index (χ1) is 9.17. The van der Waals surface area contributed by atoms with E-state index >= 15 is 0 Å². The second-order valence-corrected chi connectivity index (χ2v) is 5.77. The summed E-state index contributed by atoms with van der Waals surface area (Å²) in [6.07, 6.45) is 0.972. The van der Waals surface area contributed by atoms with E-state index in [9.17, 15) is 4.39 Å². The second kappa shape index (κ2) is 6.18. The van der Waals surface area contributed by atoms with Gasteiger partial charge in [0.1, 0.15) is 6.07 Å². The van der Waals surface area contributed by atoms with Gasteiger partial charge in [-0.1, -0.05) is 6.92 Å². The molecule has 2 rings (SSSR count). The minimum Gasteiger partial charge on any atom is -0.378 e. The number of aryl methyl sites for hydroxylation is 1. The molecule has 0 saturated heterocycles. The molecule has 0 amide bonds. The van der Waals surface area contributed by atoms with Crippen LogP contribution in [-0.2, 0) is 13.0 Å². The van der Waals surface area contributed by atoms with Gasteiger partial charge >= 0.3 is 0 Å². The van der Waals surface area contributed by atoms with E-state index in [-0.39, 0.29) is 4.47 Å². The average molecular weight is 339 g/mol. The first kappa shape index (κ1) is 14.0. The molecule has 1 N–H and O–H groups in total. The molecular weight excluding hydrogens is 327 g/mol. The summed E-state index contributed by atoms with van der Waals surface area (Å²) in [4.78, 5) is 1.21. The summed E-state index contributed by atoms with van der Waals surface area (Å²) < 4.78 is 14.2. The summed E-state index contributed by atoms with van der Waals surface area (Å²) in [5.41, 5.74) is 1.99. The summed E-state index contributed by atoms with van der Waals surface area (Å²) in [6.45, 7) is 2.69. The average Bonchev–Trinajstić information content (AvgIpc) is 2.88. The lowest BCUT2D eigenvalue weighted by molar-refractivity contribution is 0.623. The number of anilines is 1. The van der Waals surface area contributed by atoms with Gasteiger partial charge in [-0.25, -0.2) is 4.39 Å². The molecule has 0 saturated carbocycles. The van der Waals surface area contributed by atoms with Crippen molar-refractivity contribution in [3.05, 3.63) is 49.9 Å². The number of nitrogens with one attached hydrogen (secondary N) is 1. The quantitative estimate of drug-likeness (QED) is 0.877. The van der Waals surface area contributed by atoms with Crippen molar-refractivity contribution in [1.29, 1.82) is 5.26 Å². The number of nitrogens with zero attached hydrogens (tertiary/aromatic N) is 1. The van der Waals surface area contributed by atoms with Crippen molar-refractivity contribution in [2.24, 2.45) is 0 Å². The van der Waals surface area contributed by atoms with E-state index in [1.165, 1.54) is 10.4 Å². The summed E-state index contributed by atoms with van der Waals surface area (Å²) in [7, 11) is 0. The molecule has 19 heavy (non-hydrogen) atoms. The van der Waals surface area contributed by atoms with Crippen LogP contribution in [0.25, 0.3) is 0 Å². The first-order valence-electron chi connectivity index (χ1n) is 5.84. The molecule has 5 heteroatoms. The topological polar surface area (TPSA) is 35.8 Å². The zero-order valence-electron chi connectivity index (χ0n) is 10.3. The molecule has 0 aliphatic carbocycles. The molecule has 2 aromatic rings. The predicted molar refractivity (Wildman–Crippen MR) is 79.8 cm³/mol. The van der Waals surface area contributed by atoms with E-state index in [2.05, 4.69) is 34.2 Å². The Labute approximate surface area is 124 Å². The molecule has 2 nitrogen and oxygen atoms in total. The first-order valence-corrected chi connectivity index (χ1v) is 7.51. The SMILES string of the molecule is CCc1ccsc1CNc1ccc(C#N)c(Br)c1F. The van der Waals surface area contributed by atoms with Gasteiger partial charge in [0.25, 0.3) is 0 Å². The highest BCUT2D eigenvalue weighted by Gasteiger charge is 2.11. The van der Waals surface area contributed by atoms with Crippen molar-refractivity contribution in [3.63, 3.8) is 0 Å². The van der Waals surface area contributed by atoms with Gasteiger partial charge in [0.15, 0.2) is 5.82 Å². The van der Waals surface area contributed by atoms with Crippen LogP contribution in [-0.4, -0.2) is 0 Å². The summed E-state index contributed by atoms with van der Waals surface area (Å²) >= 11 is 4.77. The number of hydrogen-bond donors (Lipinski definition) is 1. The zero-order chi connectivity index (χ0) is 13.8. The van der Waals surface area contributed by atoms with Crippen LogP contribution < -0.4 is 5.32 Å². The molecule has 0 atom stereocenters. The summed E-state index contributed by atoms with van der Waals surface area (Å²) in [5, 5.41) is 13.9. The largest absolute Gasteiger partial charge is 0.378 e. The maximum absolute atomic E-state index is 14.0. The lowest BCUT2D eigenvalue weighted by Gasteiger charge is -2.09. The van der Waals surface area contributed by atoms with Gasteiger partial charge in [0.05, 0.1) is 15.7 Å². The van der Waals surface area contributed by atoms with E-state index in [1.54, 1.807) is 23.5 Å². The van der Waals surface area contributed by atoms with E-state index in [1.807, 2.05) is 11.4 Å². The molecular formula is C14H12BrFN2S. The molecule has 0 spiro atoms. The number of halogens is 2. The van der Waals surface area contributed by atoms with Crippen LogP contribution in [0, 0.1) is 17.1 Å². The smallest absolute Gasteiger partial charge is 0.161 e. The van der Waals surface area contributed by atoms with Gasteiger partial charge in [-0.2, -0.15) is 5.26 Å². The van der Waals surface area contributed by atoms with Gasteiger partial charge < -0.3 is 5.32 Å². The molecule has 98 valence electrons. The van der Waals surface area contributed by atoms with Crippen LogP contribution in [0.3, 0.4) is 0 Å². The van der Waals surface area contributed by atoms with E-state index in [0.29, 0.717) is 17.8 Å². The maximum Gasteiger partial charge on any atom is 0.161 e. The van der Waals surface area contributed by atoms with Gasteiger partial charge in [0.2, 0.25) is 0 Å². The van der Waals surface area contributed by atoms with Crippen LogP contribution in [0.1, 0.15) is 22.9 Å². The molecule has 0 unspecified atom stereocenters. The van der Waals surface area contributed by atoms with Crippen LogP contribution in [0.4, 0.5) is 10.1 Å². The normalized spacial score (nSPS) is 10.2. The Balaban J connectivity index is 2.17. The van der Waals surface area contributed by atoms with E-state index in [0.717, 1.165) is 6.42 Å². The molecule has 0 aliphatic heterocycles. The lowest BCUT2D eigenvalue weighted by atomic mass is 10.2. The van der Waals surface area contributed by atoms with Crippen molar-refractivity contribution >= 4 is 33.0 Å². The number of thiophene rings is 1. The molecule has 1 aromatic carbocycles. The molecule has 1 aromatic heterocycles. The zero-order valence-corrected chi connectivity index (χ0v) is 12.7. The number of rotatable bonds is 4. The Kier molecular flexibility index (Phi) is 4.56. The van der Waals surface area contributed by atoms with Gasteiger partial charge in [-0.05, 0) is 51.5 Å². The van der Waals surface area contributed by atoms with Crippen LogP contribution in [0.15, 0.2) is 28.1 Å². The molecule has 1 heterocycles. The Bertz CT molecular complexity index is 631. The molecule has 0 bridgehead atoms. The molecule has 0 radical (unpaired) electrons. The van der Waals surface area contributed by atoms with Crippen molar-refractivity contribution in [3.8, 4) is 6.07 Å². The third kappa shape index (κ3) is 2.96. The fourth-order valence-corrected chi connectivity index (χ4v) is 3.14. The van der Waals surface area contributed by atoms with E-state index < -0.39 is 5.82 Å². The minimum absolute atomic E-state index is 0.210. The summed E-state index contributed by atoms with van der Waals surface area (Å²) in [6, 6.07) is 7.23. The Morgan fingerprint density at radius 2 is 2.21 bits per heavy atom. The van der Waals surface area contributed by atoms with Crippen molar-refractivity contribution in [2.45, 2.75) is 19.9 Å². The monoisotopic (exact) mass is 338 g/mol. The number of hydrogen-bond acceptors (Lipinski definition) is 3. The third-order valence-corrected chi connectivity index (χ3v) is 4.60. The molecule has 0 aliphatic rings. The molecule has 0 fully saturated rings. The third-order valence-electron chi connectivity index (χ3n) is 2.86. The second-order valence-electron chi connectivity index (χ2n) is 3.98. The Hall–Kier alpha value is -1.38. The summed E-state index contributed by atoms with van der Waals surface area (Å²) in [5.74, 6) is -0.423. The van der Waals surface area contributed by atoms with Gasteiger partial charge in [-0.15, -0.1) is 11.3 Å². The predicted octanol–water partition coefficient (Wildman–Crippen LogP) is 4.70. The highest BCUT2D eigenvalue weighted by atomic mass is 79.9. The highest BCUT2D eigenvalue weighted by molar-refractivity contribution is 9.10. The maximum atomic E-state index is 14.0. The van der Waals surface area contributed by atoms with Crippen LogP contribution in [0.2, 0.25) is 0 Å². The fourth-order valence-electron chi connectivity index (χ4n) is 1.78. The fraction of sp³-hybridized carbons (Fsp3) is 0.214. The van der Waals surface area contributed by atoms with Crippen molar-refractivity contribution < 1.29 is 4.39 Å².